The second-order valence-electron chi connectivity index (χ2n) is 2.65. The predicted octanol–water partition coefficient (Wildman–Crippen LogP) is 2.26. The van der Waals surface area contributed by atoms with Gasteiger partial charge in [-0.1, -0.05) is 0 Å². The normalized spacial score (nSPS) is 12.5. The Morgan fingerprint density at radius 3 is 3.00 bits per heavy atom. The van der Waals surface area contributed by atoms with Gasteiger partial charge in [0.15, 0.2) is 5.75 Å². The Kier molecular flexibility index (Phi) is 4.18. The molecule has 1 heterocycles. The molecule has 1 atom stereocenters. The zero-order valence-electron chi connectivity index (χ0n) is 7.66. The Hall–Kier alpha value is -0.610. The van der Waals surface area contributed by atoms with Gasteiger partial charge in [0.05, 0.1) is 6.10 Å². The molecule has 72 valence electrons. The number of nitrogens with zero attached hydrogens (tertiary/aromatic N) is 1. The third-order valence-electron chi connectivity index (χ3n) is 1.60. The fraction of sp³-hybridized carbons (Fsp3) is 0.444. The highest BCUT2D eigenvalue weighted by molar-refractivity contribution is 9.10. The van der Waals surface area contributed by atoms with Crippen molar-refractivity contribution >= 4 is 15.9 Å². The van der Waals surface area contributed by atoms with E-state index in [0.717, 1.165) is 10.4 Å². The number of rotatable bonds is 4. The van der Waals surface area contributed by atoms with Crippen molar-refractivity contribution in [2.45, 2.75) is 13.0 Å². The molecule has 0 saturated carbocycles. The molecule has 0 aliphatic heterocycles. The van der Waals surface area contributed by atoms with E-state index in [2.05, 4.69) is 20.9 Å². The summed E-state index contributed by atoms with van der Waals surface area (Å²) in [6.07, 6.45) is 1.79. The first-order valence-electron chi connectivity index (χ1n) is 4.00. The van der Waals surface area contributed by atoms with Gasteiger partial charge in [0.1, 0.15) is 11.2 Å². The molecule has 0 radical (unpaired) electrons. The van der Waals surface area contributed by atoms with Crippen LogP contribution < -0.4 is 4.74 Å². The van der Waals surface area contributed by atoms with Gasteiger partial charge in [-0.25, -0.2) is 4.98 Å². The second-order valence-corrected chi connectivity index (χ2v) is 3.40. The van der Waals surface area contributed by atoms with E-state index >= 15 is 0 Å². The van der Waals surface area contributed by atoms with Gasteiger partial charge in [0.2, 0.25) is 0 Å². The summed E-state index contributed by atoms with van der Waals surface area (Å²) in [7, 11) is 1.66. The minimum absolute atomic E-state index is 0.0899. The molecule has 0 aromatic carbocycles. The molecule has 0 N–H and O–H groups in total. The van der Waals surface area contributed by atoms with Crippen molar-refractivity contribution < 1.29 is 9.47 Å². The quantitative estimate of drug-likeness (QED) is 0.763. The van der Waals surface area contributed by atoms with Gasteiger partial charge in [0.25, 0.3) is 0 Å². The van der Waals surface area contributed by atoms with E-state index in [1.807, 2.05) is 19.1 Å². The van der Waals surface area contributed by atoms with E-state index in [-0.39, 0.29) is 6.10 Å². The number of halogens is 1. The van der Waals surface area contributed by atoms with Crippen molar-refractivity contribution in [3.63, 3.8) is 0 Å². The molecule has 0 saturated heterocycles. The summed E-state index contributed by atoms with van der Waals surface area (Å²) in [6.45, 7) is 2.48. The molecule has 1 unspecified atom stereocenters. The molecular formula is C9H12BrNO2. The van der Waals surface area contributed by atoms with Crippen molar-refractivity contribution in [2.75, 3.05) is 13.7 Å². The van der Waals surface area contributed by atoms with Crippen molar-refractivity contribution in [1.29, 1.82) is 0 Å². The van der Waals surface area contributed by atoms with E-state index in [4.69, 9.17) is 9.47 Å². The highest BCUT2D eigenvalue weighted by Gasteiger charge is 2.03. The molecule has 0 fully saturated rings. The van der Waals surface area contributed by atoms with Crippen LogP contribution in [0.3, 0.4) is 0 Å². The van der Waals surface area contributed by atoms with Gasteiger partial charge in [-0.2, -0.15) is 0 Å². The Bertz CT molecular complexity index is 268. The fourth-order valence-corrected chi connectivity index (χ4v) is 1.12. The molecule has 1 rings (SSSR count). The zero-order valence-corrected chi connectivity index (χ0v) is 9.24. The van der Waals surface area contributed by atoms with Gasteiger partial charge >= 0.3 is 0 Å². The SMILES string of the molecule is COC(C)COc1cccnc1Br. The smallest absolute Gasteiger partial charge is 0.152 e. The summed E-state index contributed by atoms with van der Waals surface area (Å²) in [4.78, 5) is 4.03. The number of methoxy groups -OCH3 is 1. The van der Waals surface area contributed by atoms with Gasteiger partial charge in [-0.05, 0) is 35.0 Å². The standard InChI is InChI=1S/C9H12BrNO2/c1-7(12-2)6-13-8-4-3-5-11-9(8)10/h3-5,7H,6H2,1-2H3. The van der Waals surface area contributed by atoms with Crippen LogP contribution >= 0.6 is 15.9 Å². The first kappa shape index (κ1) is 10.5. The van der Waals surface area contributed by atoms with E-state index < -0.39 is 0 Å². The van der Waals surface area contributed by atoms with Crippen molar-refractivity contribution in [2.24, 2.45) is 0 Å². The van der Waals surface area contributed by atoms with Crippen LogP contribution in [0.15, 0.2) is 22.9 Å². The largest absolute Gasteiger partial charge is 0.488 e. The van der Waals surface area contributed by atoms with Crippen LogP contribution in [0.2, 0.25) is 0 Å². The lowest BCUT2D eigenvalue weighted by Gasteiger charge is -2.11. The topological polar surface area (TPSA) is 31.4 Å². The summed E-state index contributed by atoms with van der Waals surface area (Å²) in [5.74, 6) is 0.742. The molecule has 0 aliphatic rings. The molecule has 13 heavy (non-hydrogen) atoms. The average Bonchev–Trinajstić information content (AvgIpc) is 2.16. The minimum atomic E-state index is 0.0899. The summed E-state index contributed by atoms with van der Waals surface area (Å²) in [5, 5.41) is 0. The summed E-state index contributed by atoms with van der Waals surface area (Å²) < 4.78 is 11.2. The summed E-state index contributed by atoms with van der Waals surface area (Å²) in [5.41, 5.74) is 0. The van der Waals surface area contributed by atoms with E-state index in [1.54, 1.807) is 13.3 Å². The fourth-order valence-electron chi connectivity index (χ4n) is 0.754. The Balaban J connectivity index is 2.50. The molecule has 3 nitrogen and oxygen atoms in total. The second kappa shape index (κ2) is 5.19. The van der Waals surface area contributed by atoms with Crippen LogP contribution in [0.25, 0.3) is 0 Å². The average molecular weight is 246 g/mol. The van der Waals surface area contributed by atoms with Crippen LogP contribution in [-0.2, 0) is 4.74 Å². The zero-order chi connectivity index (χ0) is 9.68. The van der Waals surface area contributed by atoms with Gasteiger partial charge in [0, 0.05) is 13.3 Å². The molecular weight excluding hydrogens is 234 g/mol. The summed E-state index contributed by atoms with van der Waals surface area (Å²) in [6, 6.07) is 3.69. The first-order chi connectivity index (χ1) is 6.24. The van der Waals surface area contributed by atoms with Gasteiger partial charge < -0.3 is 9.47 Å². The van der Waals surface area contributed by atoms with Crippen molar-refractivity contribution in [3.05, 3.63) is 22.9 Å². The number of hydrogen-bond donors (Lipinski definition) is 0. The highest BCUT2D eigenvalue weighted by atomic mass is 79.9. The van der Waals surface area contributed by atoms with Gasteiger partial charge in [-0.15, -0.1) is 0 Å². The Labute approximate surface area is 86.2 Å². The van der Waals surface area contributed by atoms with Gasteiger partial charge in [-0.3, -0.25) is 0 Å². The lowest BCUT2D eigenvalue weighted by atomic mass is 10.4. The molecule has 0 spiro atoms. The molecule has 0 aliphatic carbocycles. The molecule has 0 bridgehead atoms. The number of pyridine rings is 1. The molecule has 1 aromatic heterocycles. The third kappa shape index (κ3) is 3.32. The maximum atomic E-state index is 5.46. The van der Waals surface area contributed by atoms with Crippen molar-refractivity contribution in [1.82, 2.24) is 4.98 Å². The third-order valence-corrected chi connectivity index (χ3v) is 2.20. The minimum Gasteiger partial charge on any atom is -0.488 e. The summed E-state index contributed by atoms with van der Waals surface area (Å²) >= 11 is 3.29. The predicted molar refractivity (Wildman–Crippen MR) is 53.9 cm³/mol. The van der Waals surface area contributed by atoms with Crippen LogP contribution in [-0.4, -0.2) is 24.8 Å². The van der Waals surface area contributed by atoms with E-state index in [9.17, 15) is 0 Å². The monoisotopic (exact) mass is 245 g/mol. The molecule has 4 heteroatoms. The van der Waals surface area contributed by atoms with Crippen LogP contribution in [0, 0.1) is 0 Å². The highest BCUT2D eigenvalue weighted by Crippen LogP contribution is 2.21. The molecule has 1 aromatic rings. The number of ether oxygens (including phenoxy) is 2. The van der Waals surface area contributed by atoms with E-state index in [0.29, 0.717) is 6.61 Å². The maximum absolute atomic E-state index is 5.46. The number of hydrogen-bond acceptors (Lipinski definition) is 3. The van der Waals surface area contributed by atoms with Crippen molar-refractivity contribution in [3.8, 4) is 5.75 Å². The number of aromatic nitrogens is 1. The Morgan fingerprint density at radius 2 is 2.38 bits per heavy atom. The van der Waals surface area contributed by atoms with E-state index in [1.165, 1.54) is 0 Å². The maximum Gasteiger partial charge on any atom is 0.152 e. The van der Waals surface area contributed by atoms with Crippen LogP contribution in [0.4, 0.5) is 0 Å². The Morgan fingerprint density at radius 1 is 1.62 bits per heavy atom. The van der Waals surface area contributed by atoms with Crippen LogP contribution in [0.5, 0.6) is 5.75 Å². The molecule has 0 amide bonds. The lowest BCUT2D eigenvalue weighted by molar-refractivity contribution is 0.0712. The van der Waals surface area contributed by atoms with Crippen LogP contribution in [0.1, 0.15) is 6.92 Å². The lowest BCUT2D eigenvalue weighted by Crippen LogP contribution is -2.16. The first-order valence-corrected chi connectivity index (χ1v) is 4.79.